The predicted octanol–water partition coefficient (Wildman–Crippen LogP) is 8.43. The molecule has 1 aliphatic heterocycles. The first-order valence-electron chi connectivity index (χ1n) is 15.9. The summed E-state index contributed by atoms with van der Waals surface area (Å²) >= 11 is 0. The minimum absolute atomic E-state index is 0.0159. The molecule has 2 saturated carbocycles. The van der Waals surface area contributed by atoms with Gasteiger partial charge in [-0.15, -0.1) is 0 Å². The zero-order valence-electron chi connectivity index (χ0n) is 25.6. The Kier molecular flexibility index (Phi) is 8.72. The largest absolute Gasteiger partial charge is 0.495 e. The molecule has 0 bridgehead atoms. The van der Waals surface area contributed by atoms with Crippen molar-refractivity contribution in [3.63, 3.8) is 0 Å². The van der Waals surface area contributed by atoms with Gasteiger partial charge in [0.2, 0.25) is 0 Å². The second-order valence-electron chi connectivity index (χ2n) is 14.1. The maximum atomic E-state index is 11.2. The van der Waals surface area contributed by atoms with Gasteiger partial charge in [0.05, 0.1) is 25.9 Å². The molecule has 1 heterocycles. The van der Waals surface area contributed by atoms with Crippen LogP contribution in [0.15, 0.2) is 54.3 Å². The normalized spacial score (nSPS) is 34.6. The summed E-state index contributed by atoms with van der Waals surface area (Å²) in [4.78, 5) is 0. The molecule has 5 rings (SSSR count). The molecule has 0 radical (unpaired) electrons. The highest BCUT2D eigenvalue weighted by Gasteiger charge is 2.56. The van der Waals surface area contributed by atoms with E-state index in [1.54, 1.807) is 5.57 Å². The fraction of sp³-hybridized carbons (Fsp3) is 0.667. The Balaban J connectivity index is 1.42. The first kappa shape index (κ1) is 29.6. The number of ether oxygens (including phenoxy) is 3. The average Bonchev–Trinajstić information content (AvgIpc) is 3.23. The van der Waals surface area contributed by atoms with Crippen molar-refractivity contribution >= 4 is 6.08 Å². The number of rotatable bonds is 9. The van der Waals surface area contributed by atoms with Crippen molar-refractivity contribution in [1.29, 1.82) is 0 Å². The maximum Gasteiger partial charge on any atom is 0.168 e. The summed E-state index contributed by atoms with van der Waals surface area (Å²) < 4.78 is 18.5. The lowest BCUT2D eigenvalue weighted by molar-refractivity contribution is -0.307. The SMILES string of the molecule is C=C(/C=C/c1ccc(C2CC3(C)C(O)CCC3C3CCC(CC4(CCC)OCC(C)(C)CO4)C=C23)cc1)OCC. The van der Waals surface area contributed by atoms with Crippen LogP contribution in [-0.2, 0) is 14.2 Å². The summed E-state index contributed by atoms with van der Waals surface area (Å²) in [5.74, 6) is 2.16. The van der Waals surface area contributed by atoms with Crippen LogP contribution in [0.1, 0.15) is 103 Å². The van der Waals surface area contributed by atoms with Crippen molar-refractivity contribution in [2.45, 2.75) is 104 Å². The van der Waals surface area contributed by atoms with Gasteiger partial charge in [0.15, 0.2) is 5.79 Å². The Morgan fingerprint density at radius 3 is 2.45 bits per heavy atom. The van der Waals surface area contributed by atoms with Gasteiger partial charge < -0.3 is 19.3 Å². The van der Waals surface area contributed by atoms with Gasteiger partial charge in [0, 0.05) is 24.2 Å². The monoisotopic (exact) mass is 548 g/mol. The second kappa shape index (κ2) is 11.8. The summed E-state index contributed by atoms with van der Waals surface area (Å²) in [6.07, 6.45) is 14.9. The van der Waals surface area contributed by atoms with Crippen LogP contribution in [-0.4, -0.2) is 36.8 Å². The van der Waals surface area contributed by atoms with Crippen molar-refractivity contribution in [3.8, 4) is 0 Å². The van der Waals surface area contributed by atoms with E-state index in [0.717, 1.165) is 57.3 Å². The number of hydrogen-bond donors (Lipinski definition) is 1. The molecule has 0 aromatic heterocycles. The summed E-state index contributed by atoms with van der Waals surface area (Å²) in [5, 5.41) is 11.2. The highest BCUT2D eigenvalue weighted by atomic mass is 16.7. The molecule has 6 atom stereocenters. The molecule has 1 aromatic rings. The molecule has 220 valence electrons. The molecular formula is C36H52O4. The van der Waals surface area contributed by atoms with Gasteiger partial charge >= 0.3 is 0 Å². The lowest BCUT2D eigenvalue weighted by atomic mass is 9.54. The van der Waals surface area contributed by atoms with Gasteiger partial charge in [-0.3, -0.25) is 0 Å². The van der Waals surface area contributed by atoms with Gasteiger partial charge in [-0.05, 0) is 79.4 Å². The maximum absolute atomic E-state index is 11.2. The number of aliphatic hydroxyl groups excluding tert-OH is 1. The van der Waals surface area contributed by atoms with Crippen molar-refractivity contribution in [2.24, 2.45) is 28.6 Å². The zero-order chi connectivity index (χ0) is 28.5. The van der Waals surface area contributed by atoms with E-state index in [1.165, 1.54) is 18.4 Å². The summed E-state index contributed by atoms with van der Waals surface area (Å²) in [5.41, 5.74) is 4.19. The highest BCUT2D eigenvalue weighted by molar-refractivity contribution is 5.53. The molecule has 3 aliphatic carbocycles. The average molecular weight is 549 g/mol. The molecule has 0 spiro atoms. The highest BCUT2D eigenvalue weighted by Crippen LogP contribution is 2.62. The van der Waals surface area contributed by atoms with Crippen molar-refractivity contribution in [2.75, 3.05) is 19.8 Å². The van der Waals surface area contributed by atoms with Gasteiger partial charge in [-0.1, -0.05) is 82.7 Å². The van der Waals surface area contributed by atoms with Crippen LogP contribution in [0, 0.1) is 28.6 Å². The Labute approximate surface area is 242 Å². The second-order valence-corrected chi connectivity index (χ2v) is 14.1. The van der Waals surface area contributed by atoms with Gasteiger partial charge in [-0.2, -0.15) is 0 Å². The molecule has 40 heavy (non-hydrogen) atoms. The van der Waals surface area contributed by atoms with Crippen LogP contribution >= 0.6 is 0 Å². The van der Waals surface area contributed by atoms with Crippen LogP contribution in [0.25, 0.3) is 6.08 Å². The fourth-order valence-corrected chi connectivity index (χ4v) is 8.21. The van der Waals surface area contributed by atoms with E-state index < -0.39 is 5.79 Å². The molecule has 4 nitrogen and oxygen atoms in total. The number of benzene rings is 1. The summed E-state index contributed by atoms with van der Waals surface area (Å²) in [6.45, 7) is 17.1. The molecule has 1 N–H and O–H groups in total. The Morgan fingerprint density at radius 1 is 1.05 bits per heavy atom. The number of hydrogen-bond acceptors (Lipinski definition) is 4. The molecule has 6 unspecified atom stereocenters. The summed E-state index contributed by atoms with van der Waals surface area (Å²) in [7, 11) is 0. The van der Waals surface area contributed by atoms with Crippen molar-refractivity contribution < 1.29 is 19.3 Å². The molecule has 1 saturated heterocycles. The number of aliphatic hydroxyl groups is 1. The fourth-order valence-electron chi connectivity index (χ4n) is 8.21. The first-order valence-corrected chi connectivity index (χ1v) is 15.9. The predicted molar refractivity (Wildman–Crippen MR) is 163 cm³/mol. The standard InChI is InChI=1S/C36H52O4/c1-7-19-36(39-23-34(4,5)24-40-36)21-27-13-16-29-30(20-27)31(22-35(6)32(29)17-18-33(35)37)28-14-11-26(12-15-28)10-9-25(3)38-8-2/h9-12,14-15,20,27,29,31-33,37H,3,7-8,13,16-19,21-24H2,1-2,4-6H3/b10-9+. The number of allylic oxidation sites excluding steroid dienone is 3. The lowest BCUT2D eigenvalue weighted by Crippen LogP contribution is -2.49. The van der Waals surface area contributed by atoms with E-state index >= 15 is 0 Å². The van der Waals surface area contributed by atoms with Crippen LogP contribution < -0.4 is 0 Å². The number of fused-ring (bicyclic) bond motifs is 3. The van der Waals surface area contributed by atoms with E-state index in [-0.39, 0.29) is 16.9 Å². The molecular weight excluding hydrogens is 496 g/mol. The molecule has 3 fully saturated rings. The van der Waals surface area contributed by atoms with Crippen LogP contribution in [0.3, 0.4) is 0 Å². The van der Waals surface area contributed by atoms with Gasteiger partial charge in [0.1, 0.15) is 5.76 Å². The third-order valence-corrected chi connectivity index (χ3v) is 10.4. The summed E-state index contributed by atoms with van der Waals surface area (Å²) in [6, 6.07) is 9.02. The van der Waals surface area contributed by atoms with Crippen LogP contribution in [0.4, 0.5) is 0 Å². The van der Waals surface area contributed by atoms with Crippen LogP contribution in [0.2, 0.25) is 0 Å². The quantitative estimate of drug-likeness (QED) is 0.191. The molecule has 4 aliphatic rings. The smallest absolute Gasteiger partial charge is 0.168 e. The van der Waals surface area contributed by atoms with E-state index in [4.69, 9.17) is 14.2 Å². The van der Waals surface area contributed by atoms with Crippen LogP contribution in [0.5, 0.6) is 0 Å². The Morgan fingerprint density at radius 2 is 1.77 bits per heavy atom. The van der Waals surface area contributed by atoms with Crippen molar-refractivity contribution in [3.05, 3.63) is 65.5 Å². The van der Waals surface area contributed by atoms with Crippen molar-refractivity contribution in [1.82, 2.24) is 0 Å². The minimum atomic E-state index is -0.458. The molecule has 4 heteroatoms. The first-order chi connectivity index (χ1) is 19.1. The van der Waals surface area contributed by atoms with E-state index in [0.29, 0.717) is 36.0 Å². The zero-order valence-corrected chi connectivity index (χ0v) is 25.6. The third-order valence-electron chi connectivity index (χ3n) is 10.4. The topological polar surface area (TPSA) is 47.9 Å². The lowest BCUT2D eigenvalue weighted by Gasteiger charge is -2.51. The van der Waals surface area contributed by atoms with Gasteiger partial charge in [-0.25, -0.2) is 0 Å². The third kappa shape index (κ3) is 6.01. The van der Waals surface area contributed by atoms with E-state index in [2.05, 4.69) is 70.7 Å². The van der Waals surface area contributed by atoms with E-state index in [1.807, 2.05) is 13.0 Å². The van der Waals surface area contributed by atoms with Gasteiger partial charge in [0.25, 0.3) is 0 Å². The molecule has 1 aromatic carbocycles. The minimum Gasteiger partial charge on any atom is -0.495 e. The van der Waals surface area contributed by atoms with E-state index in [9.17, 15) is 5.11 Å². The Hall–Kier alpha value is -1.88. The molecule has 0 amide bonds. The Bertz CT molecular complexity index is 1090.